The zero-order valence-corrected chi connectivity index (χ0v) is 15.3. The zero-order chi connectivity index (χ0) is 17.3. The van der Waals surface area contributed by atoms with Gasteiger partial charge in [-0.2, -0.15) is 0 Å². The van der Waals surface area contributed by atoms with Crippen LogP contribution in [0.15, 0.2) is 45.9 Å². The predicted molar refractivity (Wildman–Crippen MR) is 95.9 cm³/mol. The monoisotopic (exact) mass is 362 g/mol. The van der Waals surface area contributed by atoms with E-state index in [9.17, 15) is 8.42 Å². The SMILES string of the molecule is CCc1ccc(NS(=O)(=O)c2c(C)sc(C)c2-c2ccno2)cc1. The first kappa shape index (κ1) is 16.7. The van der Waals surface area contributed by atoms with Crippen molar-refractivity contribution in [2.75, 3.05) is 4.72 Å². The van der Waals surface area contributed by atoms with Crippen LogP contribution in [0.4, 0.5) is 5.69 Å². The molecule has 5 nitrogen and oxygen atoms in total. The van der Waals surface area contributed by atoms with E-state index in [0.717, 1.165) is 21.7 Å². The van der Waals surface area contributed by atoms with E-state index in [1.54, 1.807) is 25.1 Å². The first-order valence-corrected chi connectivity index (χ1v) is 9.85. The molecule has 0 spiro atoms. The highest BCUT2D eigenvalue weighted by Crippen LogP contribution is 2.39. The number of nitrogens with zero attached hydrogens (tertiary/aromatic N) is 1. The standard InChI is InChI=1S/C17H18N2O3S2/c1-4-13-5-7-14(8-6-13)19-24(20,21)17-12(3)23-11(2)16(17)15-9-10-18-22-15/h5-10,19H,4H2,1-3H3. The van der Waals surface area contributed by atoms with Crippen molar-refractivity contribution in [1.82, 2.24) is 5.16 Å². The summed E-state index contributed by atoms with van der Waals surface area (Å²) >= 11 is 1.43. The molecule has 0 unspecified atom stereocenters. The van der Waals surface area contributed by atoms with Gasteiger partial charge in [0.2, 0.25) is 0 Å². The molecule has 2 aromatic heterocycles. The summed E-state index contributed by atoms with van der Waals surface area (Å²) in [6.45, 7) is 5.73. The smallest absolute Gasteiger partial charge is 0.263 e. The van der Waals surface area contributed by atoms with Crippen molar-refractivity contribution < 1.29 is 12.9 Å². The number of hydrogen-bond donors (Lipinski definition) is 1. The van der Waals surface area contributed by atoms with E-state index in [1.807, 2.05) is 19.1 Å². The Morgan fingerprint density at radius 2 is 1.83 bits per heavy atom. The number of anilines is 1. The highest BCUT2D eigenvalue weighted by Gasteiger charge is 2.28. The minimum atomic E-state index is -3.73. The molecule has 7 heteroatoms. The fraction of sp³-hybridized carbons (Fsp3) is 0.235. The molecule has 0 saturated heterocycles. The summed E-state index contributed by atoms with van der Waals surface area (Å²) in [6.07, 6.45) is 2.42. The van der Waals surface area contributed by atoms with Crippen molar-refractivity contribution >= 4 is 27.0 Å². The Bertz CT molecular complexity index is 941. The summed E-state index contributed by atoms with van der Waals surface area (Å²) in [5.41, 5.74) is 2.27. The molecule has 126 valence electrons. The Morgan fingerprint density at radius 1 is 1.12 bits per heavy atom. The number of thiophene rings is 1. The largest absolute Gasteiger partial charge is 0.356 e. The van der Waals surface area contributed by atoms with Crippen LogP contribution in [0, 0.1) is 13.8 Å². The average molecular weight is 362 g/mol. The normalized spacial score (nSPS) is 11.6. The summed E-state index contributed by atoms with van der Waals surface area (Å²) in [7, 11) is -3.73. The van der Waals surface area contributed by atoms with Crippen LogP contribution >= 0.6 is 11.3 Å². The Morgan fingerprint density at radius 3 is 2.42 bits per heavy atom. The van der Waals surface area contributed by atoms with Crippen molar-refractivity contribution in [3.05, 3.63) is 51.8 Å². The number of nitrogens with one attached hydrogen (secondary N) is 1. The van der Waals surface area contributed by atoms with Crippen LogP contribution in [0.25, 0.3) is 11.3 Å². The van der Waals surface area contributed by atoms with E-state index >= 15 is 0 Å². The molecule has 0 amide bonds. The van der Waals surface area contributed by atoms with E-state index < -0.39 is 10.0 Å². The summed E-state index contributed by atoms with van der Waals surface area (Å²) in [5, 5.41) is 3.69. The van der Waals surface area contributed by atoms with Gasteiger partial charge in [0.05, 0.1) is 11.8 Å². The first-order valence-electron chi connectivity index (χ1n) is 7.55. The lowest BCUT2D eigenvalue weighted by molar-refractivity contribution is 0.431. The number of benzene rings is 1. The van der Waals surface area contributed by atoms with Gasteiger partial charge in [-0.25, -0.2) is 8.42 Å². The molecule has 24 heavy (non-hydrogen) atoms. The van der Waals surface area contributed by atoms with Gasteiger partial charge < -0.3 is 4.52 Å². The third-order valence-corrected chi connectivity index (χ3v) is 6.47. The van der Waals surface area contributed by atoms with Crippen LogP contribution in [-0.2, 0) is 16.4 Å². The Hall–Kier alpha value is -2.12. The van der Waals surface area contributed by atoms with Crippen LogP contribution in [0.2, 0.25) is 0 Å². The molecule has 0 saturated carbocycles. The average Bonchev–Trinajstić information content (AvgIpc) is 3.15. The lowest BCUT2D eigenvalue weighted by Crippen LogP contribution is -2.14. The number of aryl methyl sites for hydroxylation is 3. The van der Waals surface area contributed by atoms with Crippen molar-refractivity contribution in [2.24, 2.45) is 0 Å². The number of aromatic nitrogens is 1. The second-order valence-electron chi connectivity index (χ2n) is 5.45. The molecule has 2 heterocycles. The van der Waals surface area contributed by atoms with Gasteiger partial charge in [0.25, 0.3) is 10.0 Å². The van der Waals surface area contributed by atoms with Crippen LogP contribution in [-0.4, -0.2) is 13.6 Å². The second kappa shape index (κ2) is 6.41. The number of sulfonamides is 1. The van der Waals surface area contributed by atoms with Crippen LogP contribution in [0.1, 0.15) is 22.2 Å². The van der Waals surface area contributed by atoms with E-state index in [2.05, 4.69) is 16.8 Å². The summed E-state index contributed by atoms with van der Waals surface area (Å²) < 4.78 is 33.7. The Balaban J connectivity index is 2.04. The van der Waals surface area contributed by atoms with Gasteiger partial charge in [-0.1, -0.05) is 24.2 Å². The lowest BCUT2D eigenvalue weighted by Gasteiger charge is -2.10. The molecule has 0 radical (unpaired) electrons. The van der Waals surface area contributed by atoms with E-state index in [0.29, 0.717) is 17.0 Å². The first-order chi connectivity index (χ1) is 11.4. The van der Waals surface area contributed by atoms with E-state index in [-0.39, 0.29) is 4.90 Å². The van der Waals surface area contributed by atoms with Crippen LogP contribution in [0.3, 0.4) is 0 Å². The van der Waals surface area contributed by atoms with Gasteiger partial charge in [-0.15, -0.1) is 11.3 Å². The topological polar surface area (TPSA) is 72.2 Å². The van der Waals surface area contributed by atoms with Crippen LogP contribution < -0.4 is 4.72 Å². The van der Waals surface area contributed by atoms with Gasteiger partial charge in [0, 0.05) is 21.5 Å². The molecule has 0 atom stereocenters. The molecule has 0 aliphatic rings. The van der Waals surface area contributed by atoms with Crippen LogP contribution in [0.5, 0.6) is 0 Å². The van der Waals surface area contributed by atoms with Gasteiger partial charge in [-0.05, 0) is 38.0 Å². The highest BCUT2D eigenvalue weighted by atomic mass is 32.2. The molecule has 0 aliphatic heterocycles. The molecule has 0 bridgehead atoms. The molecule has 3 rings (SSSR count). The fourth-order valence-electron chi connectivity index (χ4n) is 2.63. The van der Waals surface area contributed by atoms with Gasteiger partial charge >= 0.3 is 0 Å². The lowest BCUT2D eigenvalue weighted by atomic mass is 10.2. The summed E-state index contributed by atoms with van der Waals surface area (Å²) in [6, 6.07) is 9.06. The predicted octanol–water partition coefficient (Wildman–Crippen LogP) is 4.38. The van der Waals surface area contributed by atoms with Crippen molar-refractivity contribution in [1.29, 1.82) is 0 Å². The third-order valence-electron chi connectivity index (χ3n) is 3.77. The molecule has 1 N–H and O–H groups in total. The van der Waals surface area contributed by atoms with E-state index in [4.69, 9.17) is 4.52 Å². The van der Waals surface area contributed by atoms with Gasteiger partial charge in [-0.3, -0.25) is 4.72 Å². The van der Waals surface area contributed by atoms with Gasteiger partial charge in [0.15, 0.2) is 5.76 Å². The van der Waals surface area contributed by atoms with Gasteiger partial charge in [0.1, 0.15) is 4.90 Å². The number of hydrogen-bond acceptors (Lipinski definition) is 5. The molecule has 1 aromatic carbocycles. The maximum atomic E-state index is 12.9. The molecule has 3 aromatic rings. The number of rotatable bonds is 5. The van der Waals surface area contributed by atoms with Crippen molar-refractivity contribution in [3.63, 3.8) is 0 Å². The minimum Gasteiger partial charge on any atom is -0.356 e. The van der Waals surface area contributed by atoms with Crippen molar-refractivity contribution in [3.8, 4) is 11.3 Å². The van der Waals surface area contributed by atoms with Crippen molar-refractivity contribution in [2.45, 2.75) is 32.1 Å². The second-order valence-corrected chi connectivity index (χ2v) is 8.50. The van der Waals surface area contributed by atoms with E-state index in [1.165, 1.54) is 17.5 Å². The minimum absolute atomic E-state index is 0.251. The third kappa shape index (κ3) is 3.09. The molecular formula is C17H18N2O3S2. The quantitative estimate of drug-likeness (QED) is 0.731. The Kier molecular flexibility index (Phi) is 4.47. The molecule has 0 aliphatic carbocycles. The molecular weight excluding hydrogens is 344 g/mol. The summed E-state index contributed by atoms with van der Waals surface area (Å²) in [4.78, 5) is 1.85. The maximum absolute atomic E-state index is 12.9. The summed E-state index contributed by atoms with van der Waals surface area (Å²) in [5.74, 6) is 0.457. The zero-order valence-electron chi connectivity index (χ0n) is 13.7. The Labute approximate surface area is 145 Å². The maximum Gasteiger partial charge on any atom is 0.263 e. The fourth-order valence-corrected chi connectivity index (χ4v) is 5.56. The highest BCUT2D eigenvalue weighted by molar-refractivity contribution is 7.93. The molecule has 0 fully saturated rings.